The second-order valence-electron chi connectivity index (χ2n) is 8.71. The molecule has 0 aromatic heterocycles. The van der Waals surface area contributed by atoms with E-state index in [4.69, 9.17) is 0 Å². The molecule has 0 saturated heterocycles. The van der Waals surface area contributed by atoms with Crippen molar-refractivity contribution in [1.82, 2.24) is 10.7 Å². The van der Waals surface area contributed by atoms with Gasteiger partial charge in [-0.1, -0.05) is 65.2 Å². The van der Waals surface area contributed by atoms with Crippen molar-refractivity contribution in [2.75, 3.05) is 7.05 Å². The highest BCUT2D eigenvalue weighted by atomic mass is 16.1. The number of carbonyl (C=O) groups is 1. The van der Waals surface area contributed by atoms with E-state index in [1.54, 1.807) is 56.8 Å². The van der Waals surface area contributed by atoms with Gasteiger partial charge in [0.2, 0.25) is 0 Å². The minimum atomic E-state index is -0.367. The van der Waals surface area contributed by atoms with Crippen LogP contribution in [0.1, 0.15) is 53.9 Å². The first kappa shape index (κ1) is 33.1. The second-order valence-corrected chi connectivity index (χ2v) is 8.71. The van der Waals surface area contributed by atoms with Gasteiger partial charge >= 0.3 is 0 Å². The van der Waals surface area contributed by atoms with Gasteiger partial charge in [0.15, 0.2) is 0 Å². The van der Waals surface area contributed by atoms with Crippen LogP contribution < -0.4 is 10.7 Å². The standard InChI is InChI=1S/C25H32N6O.C5H12/c1-7-10-22(16-29-30-18-26-6)14-20(5)31-25(32)24(28-9-3)13-19(4)23(8-2)17-27-15-21-11-12-21;1-4-5(2)3/h7-10,13-18,21H,1-3,11-12H2,4-6H3,(H,26,30)(H,31,32);5H,4H2,1-3H3/b19-13+,20-14+,22-10+,23-17+,27-15?,28-24?,29-16+;. The van der Waals surface area contributed by atoms with Gasteiger partial charge in [-0.2, -0.15) is 5.10 Å². The Kier molecular flexibility index (Phi) is 18.2. The first-order valence-corrected chi connectivity index (χ1v) is 12.5. The number of aliphatic imine (C=N–C) groups is 3. The Balaban J connectivity index is 0.00000235. The molecule has 0 spiro atoms. The minimum Gasteiger partial charge on any atom is -0.325 e. The number of nitrogens with one attached hydrogen (secondary N) is 2. The summed E-state index contributed by atoms with van der Waals surface area (Å²) < 4.78 is 0. The van der Waals surface area contributed by atoms with Gasteiger partial charge in [-0.3, -0.25) is 25.2 Å². The first-order chi connectivity index (χ1) is 17.7. The van der Waals surface area contributed by atoms with Crippen LogP contribution in [0.5, 0.6) is 0 Å². The number of hydrogen-bond acceptors (Lipinski definition) is 5. The molecule has 1 aliphatic rings. The van der Waals surface area contributed by atoms with E-state index in [0.717, 1.165) is 22.6 Å². The molecule has 0 atom stereocenters. The minimum absolute atomic E-state index is 0.216. The zero-order chi connectivity index (χ0) is 28.1. The number of hydrogen-bond donors (Lipinski definition) is 2. The van der Waals surface area contributed by atoms with Crippen molar-refractivity contribution < 1.29 is 4.79 Å². The van der Waals surface area contributed by atoms with Crippen molar-refractivity contribution in [1.29, 1.82) is 0 Å². The van der Waals surface area contributed by atoms with Gasteiger partial charge in [-0.15, -0.1) is 0 Å². The number of carbonyl (C=O) groups excluding carboxylic acids is 1. The Morgan fingerprint density at radius 1 is 1.14 bits per heavy atom. The van der Waals surface area contributed by atoms with E-state index in [1.165, 1.54) is 31.8 Å². The first-order valence-electron chi connectivity index (χ1n) is 12.5. The van der Waals surface area contributed by atoms with Crippen molar-refractivity contribution in [2.45, 2.75) is 53.9 Å². The molecule has 7 heteroatoms. The van der Waals surface area contributed by atoms with Gasteiger partial charge in [0, 0.05) is 31.4 Å². The summed E-state index contributed by atoms with van der Waals surface area (Å²) in [5, 5.41) is 6.84. The molecule has 1 rings (SSSR count). The Bertz CT molecular complexity index is 999. The molecular weight excluding hydrogens is 460 g/mol. The van der Waals surface area contributed by atoms with Crippen molar-refractivity contribution >= 4 is 30.4 Å². The SMILES string of the molecule is C=C/C=C(/C=N/NC=NC)\C=C(/C)NC(=O)C(/C=C(C)/C(C=C)=C/N=CC1CC1)=NC=C.CCC(C)C. The topological polar surface area (TPSA) is 90.6 Å². The van der Waals surface area contributed by atoms with Crippen LogP contribution in [0.25, 0.3) is 0 Å². The molecule has 37 heavy (non-hydrogen) atoms. The quantitative estimate of drug-likeness (QED) is 0.123. The van der Waals surface area contributed by atoms with Crippen LogP contribution in [0.4, 0.5) is 0 Å². The molecule has 0 unspecified atom stereocenters. The molecule has 1 amide bonds. The van der Waals surface area contributed by atoms with Crippen LogP contribution in [0.15, 0.2) is 105 Å². The van der Waals surface area contributed by atoms with Gasteiger partial charge in [-0.05, 0) is 67.4 Å². The third-order valence-electron chi connectivity index (χ3n) is 4.92. The van der Waals surface area contributed by atoms with Gasteiger partial charge in [0.25, 0.3) is 5.91 Å². The Hall–Kier alpha value is -3.87. The van der Waals surface area contributed by atoms with Crippen molar-refractivity contribution in [3.63, 3.8) is 0 Å². The van der Waals surface area contributed by atoms with E-state index in [2.05, 4.69) is 71.3 Å². The molecule has 0 bridgehead atoms. The number of rotatable bonds is 14. The van der Waals surface area contributed by atoms with E-state index in [9.17, 15) is 4.79 Å². The molecule has 0 aliphatic heterocycles. The van der Waals surface area contributed by atoms with E-state index in [-0.39, 0.29) is 11.6 Å². The monoisotopic (exact) mass is 504 g/mol. The number of allylic oxidation sites excluding steroid dienone is 8. The third-order valence-corrected chi connectivity index (χ3v) is 4.92. The summed E-state index contributed by atoms with van der Waals surface area (Å²) in [6.07, 6.45) is 20.3. The largest absolute Gasteiger partial charge is 0.325 e. The third kappa shape index (κ3) is 17.2. The van der Waals surface area contributed by atoms with E-state index < -0.39 is 0 Å². The van der Waals surface area contributed by atoms with Gasteiger partial charge in [0.05, 0.1) is 6.21 Å². The maximum atomic E-state index is 12.8. The highest BCUT2D eigenvalue weighted by Gasteiger charge is 2.17. The Labute approximate surface area is 223 Å². The molecule has 0 aromatic rings. The van der Waals surface area contributed by atoms with Gasteiger partial charge in [0.1, 0.15) is 12.1 Å². The van der Waals surface area contributed by atoms with E-state index >= 15 is 0 Å². The summed E-state index contributed by atoms with van der Waals surface area (Å²) in [5.74, 6) is 1.10. The lowest BCUT2D eigenvalue weighted by Gasteiger charge is -2.07. The summed E-state index contributed by atoms with van der Waals surface area (Å²) in [6, 6.07) is 0. The molecule has 2 N–H and O–H groups in total. The maximum Gasteiger partial charge on any atom is 0.273 e. The zero-order valence-corrected chi connectivity index (χ0v) is 23.4. The Morgan fingerprint density at radius 3 is 2.32 bits per heavy atom. The van der Waals surface area contributed by atoms with E-state index in [0.29, 0.717) is 11.6 Å². The lowest BCUT2D eigenvalue weighted by molar-refractivity contribution is -0.114. The normalized spacial score (nSPS) is 15.7. The highest BCUT2D eigenvalue weighted by Crippen LogP contribution is 2.26. The molecular formula is C30H44N6O. The summed E-state index contributed by atoms with van der Waals surface area (Å²) in [5.41, 5.74) is 5.84. The average Bonchev–Trinajstić information content (AvgIpc) is 3.69. The zero-order valence-electron chi connectivity index (χ0n) is 23.4. The van der Waals surface area contributed by atoms with Gasteiger partial charge in [-0.25, -0.2) is 0 Å². The van der Waals surface area contributed by atoms with Crippen molar-refractivity contribution in [3.05, 3.63) is 84.9 Å². The molecule has 1 aliphatic carbocycles. The van der Waals surface area contributed by atoms with Crippen LogP contribution in [0, 0.1) is 11.8 Å². The second kappa shape index (κ2) is 20.3. The summed E-state index contributed by atoms with van der Waals surface area (Å²) in [4.78, 5) is 25.0. The maximum absolute atomic E-state index is 12.8. The number of nitrogens with zero attached hydrogens (tertiary/aromatic N) is 4. The van der Waals surface area contributed by atoms with E-state index in [1.807, 2.05) is 13.1 Å². The van der Waals surface area contributed by atoms with Gasteiger partial charge < -0.3 is 5.32 Å². The molecule has 1 fully saturated rings. The predicted octanol–water partition coefficient (Wildman–Crippen LogP) is 6.49. The summed E-state index contributed by atoms with van der Waals surface area (Å²) in [6.45, 7) is 21.4. The molecule has 0 radical (unpaired) electrons. The number of hydrazone groups is 1. The smallest absolute Gasteiger partial charge is 0.273 e. The summed E-state index contributed by atoms with van der Waals surface area (Å²) in [7, 11) is 1.64. The van der Waals surface area contributed by atoms with Crippen LogP contribution in [-0.4, -0.2) is 37.4 Å². The average molecular weight is 505 g/mol. The van der Waals surface area contributed by atoms with Crippen LogP contribution in [-0.2, 0) is 4.79 Å². The Morgan fingerprint density at radius 2 is 1.81 bits per heavy atom. The molecule has 1 saturated carbocycles. The predicted molar refractivity (Wildman–Crippen MR) is 162 cm³/mol. The fourth-order valence-electron chi connectivity index (χ4n) is 2.35. The molecule has 0 aromatic carbocycles. The lowest BCUT2D eigenvalue weighted by atomic mass is 10.1. The fraction of sp³-hybridized carbons (Fsp3) is 0.367. The number of amides is 1. The summed E-state index contributed by atoms with van der Waals surface area (Å²) >= 11 is 0. The van der Waals surface area contributed by atoms with Crippen LogP contribution >= 0.6 is 0 Å². The molecule has 200 valence electrons. The van der Waals surface area contributed by atoms with Crippen molar-refractivity contribution in [3.8, 4) is 0 Å². The highest BCUT2D eigenvalue weighted by molar-refractivity contribution is 6.44. The molecule has 0 heterocycles. The molecule has 7 nitrogen and oxygen atoms in total. The van der Waals surface area contributed by atoms with Crippen LogP contribution in [0.2, 0.25) is 0 Å². The van der Waals surface area contributed by atoms with Crippen molar-refractivity contribution in [2.24, 2.45) is 31.9 Å². The lowest BCUT2D eigenvalue weighted by Crippen LogP contribution is -2.28. The van der Waals surface area contributed by atoms with Crippen LogP contribution in [0.3, 0.4) is 0 Å². The fourth-order valence-corrected chi connectivity index (χ4v) is 2.35.